The number of nitrogens with zero attached hydrogens (tertiary/aromatic N) is 3. The van der Waals surface area contributed by atoms with Gasteiger partial charge in [-0.3, -0.25) is 0 Å². The molecule has 0 unspecified atom stereocenters. The zero-order chi connectivity index (χ0) is 31.8. The number of hydrogen-bond donors (Lipinski definition) is 3. The highest BCUT2D eigenvalue weighted by Gasteiger charge is 2.59. The highest BCUT2D eigenvalue weighted by molar-refractivity contribution is 5.76. The number of hydrogen-bond acceptors (Lipinski definition) is 10. The maximum atomic E-state index is 14.9. The minimum atomic E-state index is -0.495. The maximum absolute atomic E-state index is 14.9. The van der Waals surface area contributed by atoms with Crippen LogP contribution in [0.2, 0.25) is 0 Å². The van der Waals surface area contributed by atoms with Gasteiger partial charge < -0.3 is 44.3 Å². The predicted octanol–water partition coefficient (Wildman–Crippen LogP) is 3.72. The van der Waals surface area contributed by atoms with Crippen molar-refractivity contribution >= 4 is 6.03 Å². The number of methoxy groups -OCH3 is 1. The van der Waals surface area contributed by atoms with Gasteiger partial charge in [-0.1, -0.05) is 0 Å². The fourth-order valence-electron chi connectivity index (χ4n) is 9.90. The molecule has 0 aromatic heterocycles. The topological polar surface area (TPSA) is 125 Å². The molecule has 12 heteroatoms. The molecule has 258 valence electrons. The van der Waals surface area contributed by atoms with E-state index >= 15 is 0 Å². The molecule has 6 heterocycles. The molecule has 6 fully saturated rings. The van der Waals surface area contributed by atoms with Crippen molar-refractivity contribution in [2.24, 2.45) is 0 Å². The first-order valence-electron chi connectivity index (χ1n) is 17.5. The van der Waals surface area contributed by atoms with E-state index in [1.807, 2.05) is 0 Å². The number of urea groups is 1. The van der Waals surface area contributed by atoms with Crippen molar-refractivity contribution in [2.45, 2.75) is 137 Å². The van der Waals surface area contributed by atoms with Gasteiger partial charge in [0.15, 0.2) is 0 Å². The van der Waals surface area contributed by atoms with Crippen molar-refractivity contribution in [3.05, 3.63) is 0 Å². The standard InChI is InChI=1S/C33H58N4O8/c1-29(2,4-13-41-3)35(27-24-32(9-18-44-19-10-32)37(40)33(25-27)11-20-45-21-12-33)28(38)34-26-22-30(5-14-42-15-6-30)36(39)31(23-26)7-16-43-17-8-31/h26-27,39-40H,4-25H2,1-3H3,(H,34,38). The zero-order valence-electron chi connectivity index (χ0n) is 27.9. The molecule has 3 N–H and O–H groups in total. The third kappa shape index (κ3) is 6.40. The summed E-state index contributed by atoms with van der Waals surface area (Å²) in [5.74, 6) is 0. The summed E-state index contributed by atoms with van der Waals surface area (Å²) in [5, 5.41) is 30.7. The Labute approximate surface area is 268 Å². The van der Waals surface area contributed by atoms with Crippen LogP contribution in [-0.2, 0) is 23.7 Å². The van der Waals surface area contributed by atoms with Gasteiger partial charge in [-0.25, -0.2) is 4.79 Å². The Hall–Kier alpha value is -1.09. The summed E-state index contributed by atoms with van der Waals surface area (Å²) in [6.07, 6.45) is 9.36. The molecular formula is C33H58N4O8. The molecule has 0 saturated carbocycles. The molecule has 2 amide bonds. The molecule has 0 aromatic rings. The molecule has 12 nitrogen and oxygen atoms in total. The van der Waals surface area contributed by atoms with Crippen LogP contribution in [0.25, 0.3) is 0 Å². The lowest BCUT2D eigenvalue weighted by Crippen LogP contribution is -2.73. The zero-order valence-corrected chi connectivity index (χ0v) is 27.9. The number of piperidine rings is 2. The van der Waals surface area contributed by atoms with Crippen LogP contribution >= 0.6 is 0 Å². The van der Waals surface area contributed by atoms with E-state index in [1.165, 1.54) is 0 Å². The summed E-state index contributed by atoms with van der Waals surface area (Å²) in [5.41, 5.74) is -2.25. The lowest BCUT2D eigenvalue weighted by molar-refractivity contribution is -0.300. The van der Waals surface area contributed by atoms with Gasteiger partial charge in [0.05, 0.1) is 22.2 Å². The molecule has 6 rings (SSSR count). The van der Waals surface area contributed by atoms with Crippen LogP contribution in [0.3, 0.4) is 0 Å². The van der Waals surface area contributed by atoms with E-state index < -0.39 is 27.7 Å². The van der Waals surface area contributed by atoms with Crippen LogP contribution < -0.4 is 5.32 Å². The van der Waals surface area contributed by atoms with E-state index in [1.54, 1.807) is 17.2 Å². The average molecular weight is 639 g/mol. The highest BCUT2D eigenvalue weighted by Crippen LogP contribution is 2.50. The van der Waals surface area contributed by atoms with E-state index in [-0.39, 0.29) is 18.1 Å². The number of nitrogens with one attached hydrogen (secondary N) is 1. The van der Waals surface area contributed by atoms with Gasteiger partial charge in [0.25, 0.3) is 0 Å². The van der Waals surface area contributed by atoms with Gasteiger partial charge in [0.2, 0.25) is 0 Å². The van der Waals surface area contributed by atoms with Crippen molar-refractivity contribution in [1.82, 2.24) is 20.3 Å². The summed E-state index contributed by atoms with van der Waals surface area (Å²) >= 11 is 0. The second-order valence-electron chi connectivity index (χ2n) is 15.5. The smallest absolute Gasteiger partial charge is 0.318 e. The van der Waals surface area contributed by atoms with Gasteiger partial charge >= 0.3 is 6.03 Å². The Morgan fingerprint density at radius 3 is 1.44 bits per heavy atom. The fourth-order valence-corrected chi connectivity index (χ4v) is 9.90. The second kappa shape index (κ2) is 13.4. The normalized spacial score (nSPS) is 31.8. The molecule has 6 saturated heterocycles. The Morgan fingerprint density at radius 2 is 1.09 bits per heavy atom. The summed E-state index contributed by atoms with van der Waals surface area (Å²) in [6, 6.07) is -0.231. The third-order valence-electron chi connectivity index (χ3n) is 12.5. The minimum absolute atomic E-state index is 0.0577. The Bertz CT molecular complexity index is 949. The second-order valence-corrected chi connectivity index (χ2v) is 15.5. The van der Waals surface area contributed by atoms with Crippen molar-refractivity contribution in [3.63, 3.8) is 0 Å². The van der Waals surface area contributed by atoms with Crippen LogP contribution in [0.15, 0.2) is 0 Å². The molecular weight excluding hydrogens is 580 g/mol. The third-order valence-corrected chi connectivity index (χ3v) is 12.5. The Kier molecular flexibility index (Phi) is 10.1. The first-order valence-corrected chi connectivity index (χ1v) is 17.5. The van der Waals surface area contributed by atoms with Crippen molar-refractivity contribution < 1.29 is 38.9 Å². The molecule has 6 aliphatic rings. The van der Waals surface area contributed by atoms with Gasteiger partial charge in [-0.2, -0.15) is 10.1 Å². The van der Waals surface area contributed by atoms with Crippen LogP contribution in [0.5, 0.6) is 0 Å². The van der Waals surface area contributed by atoms with Crippen LogP contribution in [0.4, 0.5) is 4.79 Å². The molecule has 6 aliphatic heterocycles. The number of carbonyl (C=O) groups excluding carboxylic acids is 1. The number of hydroxylamine groups is 4. The lowest BCUT2D eigenvalue weighted by Gasteiger charge is -2.62. The SMILES string of the molecule is COCCC(C)(C)N(C(=O)NC1CC2(CCOCC2)N(O)C2(CCOCC2)C1)C1CC2(CCOCC2)N(O)C2(CCOCC2)C1. The average Bonchev–Trinajstić information content (AvgIpc) is 3.03. The summed E-state index contributed by atoms with van der Waals surface area (Å²) in [4.78, 5) is 17.0. The monoisotopic (exact) mass is 638 g/mol. The number of ether oxygens (including phenoxy) is 5. The van der Waals surface area contributed by atoms with Gasteiger partial charge in [0, 0.05) is 84.2 Å². The van der Waals surface area contributed by atoms with Gasteiger partial charge in [-0.05, 0) is 97.3 Å². The summed E-state index contributed by atoms with van der Waals surface area (Å²) < 4.78 is 28.6. The van der Waals surface area contributed by atoms with E-state index in [4.69, 9.17) is 23.7 Å². The first-order chi connectivity index (χ1) is 21.6. The predicted molar refractivity (Wildman–Crippen MR) is 165 cm³/mol. The Balaban J connectivity index is 1.31. The van der Waals surface area contributed by atoms with Gasteiger partial charge in [-0.15, -0.1) is 0 Å². The maximum Gasteiger partial charge on any atom is 0.318 e. The molecule has 0 radical (unpaired) electrons. The summed E-state index contributed by atoms with van der Waals surface area (Å²) in [6.45, 7) is 9.70. The molecule has 4 spiro atoms. The molecule has 0 bridgehead atoms. The number of carbonyl (C=O) groups is 1. The first kappa shape index (κ1) is 33.8. The Morgan fingerprint density at radius 1 is 0.733 bits per heavy atom. The molecule has 0 aromatic carbocycles. The number of rotatable bonds is 6. The molecule has 0 atom stereocenters. The van der Waals surface area contributed by atoms with E-state index in [0.29, 0.717) is 91.6 Å². The van der Waals surface area contributed by atoms with Crippen LogP contribution in [0, 0.1) is 0 Å². The van der Waals surface area contributed by atoms with E-state index in [0.717, 1.165) is 51.4 Å². The van der Waals surface area contributed by atoms with Crippen LogP contribution in [0.1, 0.15) is 97.3 Å². The van der Waals surface area contributed by atoms with E-state index in [9.17, 15) is 15.2 Å². The quantitative estimate of drug-likeness (QED) is 0.397. The van der Waals surface area contributed by atoms with Crippen molar-refractivity contribution in [2.75, 3.05) is 66.6 Å². The van der Waals surface area contributed by atoms with Crippen molar-refractivity contribution in [3.8, 4) is 0 Å². The molecule has 45 heavy (non-hydrogen) atoms. The fraction of sp³-hybridized carbons (Fsp3) is 0.970. The minimum Gasteiger partial charge on any atom is -0.385 e. The highest BCUT2D eigenvalue weighted by atomic mass is 16.5. The van der Waals surface area contributed by atoms with Crippen LogP contribution in [-0.4, -0.2) is 138 Å². The van der Waals surface area contributed by atoms with Gasteiger partial charge in [0.1, 0.15) is 0 Å². The van der Waals surface area contributed by atoms with E-state index in [2.05, 4.69) is 24.1 Å². The number of amides is 2. The van der Waals surface area contributed by atoms with Crippen molar-refractivity contribution in [1.29, 1.82) is 0 Å². The largest absolute Gasteiger partial charge is 0.385 e. The lowest BCUT2D eigenvalue weighted by atomic mass is 9.68. The summed E-state index contributed by atoms with van der Waals surface area (Å²) in [7, 11) is 1.71. The molecule has 0 aliphatic carbocycles.